The highest BCUT2D eigenvalue weighted by molar-refractivity contribution is 5.62. The number of rotatable bonds is 2. The van der Waals surface area contributed by atoms with Crippen LogP contribution in [0.15, 0.2) is 36.4 Å². The normalized spacial score (nSPS) is 13.9. The van der Waals surface area contributed by atoms with Crippen molar-refractivity contribution in [1.82, 2.24) is 4.98 Å². The molecule has 0 spiro atoms. The summed E-state index contributed by atoms with van der Waals surface area (Å²) in [6, 6.07) is 5.36. The van der Waals surface area contributed by atoms with Gasteiger partial charge in [0.2, 0.25) is 0 Å². The van der Waals surface area contributed by atoms with E-state index in [0.29, 0.717) is 12.1 Å². The van der Waals surface area contributed by atoms with Gasteiger partial charge < -0.3 is 5.11 Å². The van der Waals surface area contributed by atoms with E-state index >= 15 is 0 Å². The van der Waals surface area contributed by atoms with Crippen molar-refractivity contribution in [1.29, 1.82) is 0 Å². The van der Waals surface area contributed by atoms with Crippen LogP contribution in [0.2, 0.25) is 0 Å². The van der Waals surface area contributed by atoms with Gasteiger partial charge in [-0.1, -0.05) is 6.07 Å². The van der Waals surface area contributed by atoms with Gasteiger partial charge in [0.1, 0.15) is 0 Å². The molecule has 0 amide bonds. The lowest BCUT2D eigenvalue weighted by atomic mass is 10.0. The molecule has 1 atom stereocenters. The third-order valence-corrected chi connectivity index (χ3v) is 3.08. The van der Waals surface area contributed by atoms with Gasteiger partial charge in [-0.3, -0.25) is 4.98 Å². The summed E-state index contributed by atoms with van der Waals surface area (Å²) in [5.41, 5.74) is -3.08. The van der Waals surface area contributed by atoms with Crippen LogP contribution in [0.25, 0.3) is 11.3 Å². The molecule has 0 radical (unpaired) electrons. The first-order chi connectivity index (χ1) is 10.5. The quantitative estimate of drug-likeness (QED) is 0.797. The van der Waals surface area contributed by atoms with Gasteiger partial charge in [-0.15, -0.1) is 0 Å². The molecule has 8 heteroatoms. The second kappa shape index (κ2) is 5.84. The van der Waals surface area contributed by atoms with Crippen molar-refractivity contribution in [2.45, 2.75) is 25.4 Å². The maximum Gasteiger partial charge on any atom is 0.416 e. The average molecular weight is 335 g/mol. The van der Waals surface area contributed by atoms with Gasteiger partial charge in [0, 0.05) is 5.56 Å². The molecule has 23 heavy (non-hydrogen) atoms. The monoisotopic (exact) mass is 335 g/mol. The summed E-state index contributed by atoms with van der Waals surface area (Å²) in [6.45, 7) is 1.39. The minimum atomic E-state index is -4.92. The van der Waals surface area contributed by atoms with Crippen molar-refractivity contribution >= 4 is 0 Å². The fourth-order valence-corrected chi connectivity index (χ4v) is 1.95. The first-order valence-electron chi connectivity index (χ1n) is 6.43. The summed E-state index contributed by atoms with van der Waals surface area (Å²) in [6.07, 6.45) is -10.8. The summed E-state index contributed by atoms with van der Waals surface area (Å²) >= 11 is 0. The lowest BCUT2D eigenvalue weighted by Gasteiger charge is -2.14. The van der Waals surface area contributed by atoms with E-state index in [0.717, 1.165) is 0 Å². The number of nitrogens with zero attached hydrogens (tertiary/aromatic N) is 1. The minimum absolute atomic E-state index is 0.0576. The standard InChI is InChI=1S/C15H11F6NO/c1-8(23)12-3-2-4-13(22-12)9-5-10(14(16,17)18)7-11(6-9)15(19,20)21/h2-8,23H,1H3/t8-/m0/s1. The molecular formula is C15H11F6NO. The van der Waals surface area contributed by atoms with Crippen LogP contribution in [-0.2, 0) is 12.4 Å². The Morgan fingerprint density at radius 1 is 0.913 bits per heavy atom. The maximum absolute atomic E-state index is 12.8. The largest absolute Gasteiger partial charge is 0.416 e. The highest BCUT2D eigenvalue weighted by Crippen LogP contribution is 2.38. The summed E-state index contributed by atoms with van der Waals surface area (Å²) in [7, 11) is 0. The predicted molar refractivity (Wildman–Crippen MR) is 70.3 cm³/mol. The number of benzene rings is 1. The van der Waals surface area contributed by atoms with E-state index in [-0.39, 0.29) is 23.0 Å². The Balaban J connectivity index is 2.64. The Morgan fingerprint density at radius 3 is 1.87 bits per heavy atom. The predicted octanol–water partition coefficient (Wildman–Crippen LogP) is 4.84. The van der Waals surface area contributed by atoms with E-state index in [2.05, 4.69) is 4.98 Å². The van der Waals surface area contributed by atoms with Gasteiger partial charge in [0.05, 0.1) is 28.6 Å². The molecule has 1 heterocycles. The van der Waals surface area contributed by atoms with E-state index in [9.17, 15) is 31.4 Å². The zero-order chi connectivity index (χ0) is 17.4. The van der Waals surface area contributed by atoms with Crippen molar-refractivity contribution in [3.8, 4) is 11.3 Å². The topological polar surface area (TPSA) is 33.1 Å². The third kappa shape index (κ3) is 4.01. The molecule has 124 valence electrons. The number of hydrogen-bond acceptors (Lipinski definition) is 2. The van der Waals surface area contributed by atoms with Crippen LogP contribution < -0.4 is 0 Å². The number of aliphatic hydroxyl groups excluding tert-OH is 1. The molecule has 1 N–H and O–H groups in total. The Bertz CT molecular complexity index is 674. The summed E-state index contributed by atoms with van der Waals surface area (Å²) < 4.78 is 77.0. The fraction of sp³-hybridized carbons (Fsp3) is 0.267. The van der Waals surface area contributed by atoms with Crippen molar-refractivity contribution in [3.63, 3.8) is 0 Å². The second-order valence-electron chi connectivity index (χ2n) is 4.92. The van der Waals surface area contributed by atoms with E-state index in [4.69, 9.17) is 0 Å². The smallest absolute Gasteiger partial charge is 0.387 e. The molecular weight excluding hydrogens is 324 g/mol. The van der Waals surface area contributed by atoms with Crippen LogP contribution in [0.1, 0.15) is 29.8 Å². The number of aliphatic hydroxyl groups is 1. The van der Waals surface area contributed by atoms with E-state index in [1.165, 1.54) is 25.1 Å². The van der Waals surface area contributed by atoms with Gasteiger partial charge in [0.25, 0.3) is 0 Å². The highest BCUT2D eigenvalue weighted by atomic mass is 19.4. The fourth-order valence-electron chi connectivity index (χ4n) is 1.95. The van der Waals surface area contributed by atoms with Crippen LogP contribution in [-0.4, -0.2) is 10.1 Å². The van der Waals surface area contributed by atoms with Crippen LogP contribution in [0.4, 0.5) is 26.3 Å². The summed E-state index contributed by atoms with van der Waals surface area (Å²) in [5, 5.41) is 9.44. The van der Waals surface area contributed by atoms with E-state index in [1.54, 1.807) is 0 Å². The number of halogens is 6. The third-order valence-electron chi connectivity index (χ3n) is 3.08. The number of hydrogen-bond donors (Lipinski definition) is 1. The molecule has 0 fully saturated rings. The van der Waals surface area contributed by atoms with Crippen LogP contribution in [0.3, 0.4) is 0 Å². The Hall–Kier alpha value is -2.09. The number of pyridine rings is 1. The van der Waals surface area contributed by atoms with Crippen LogP contribution in [0, 0.1) is 0 Å². The van der Waals surface area contributed by atoms with Gasteiger partial charge >= 0.3 is 12.4 Å². The summed E-state index contributed by atoms with van der Waals surface area (Å²) in [4.78, 5) is 3.90. The van der Waals surface area contributed by atoms with Gasteiger partial charge in [-0.25, -0.2) is 0 Å². The molecule has 0 saturated carbocycles. The minimum Gasteiger partial charge on any atom is -0.387 e. The average Bonchev–Trinajstić information content (AvgIpc) is 2.45. The highest BCUT2D eigenvalue weighted by Gasteiger charge is 2.37. The zero-order valence-electron chi connectivity index (χ0n) is 11.7. The molecule has 0 saturated heterocycles. The Kier molecular flexibility index (Phi) is 4.39. The number of alkyl halides is 6. The van der Waals surface area contributed by atoms with Crippen molar-refractivity contribution in [3.05, 3.63) is 53.2 Å². The molecule has 0 aliphatic rings. The zero-order valence-corrected chi connectivity index (χ0v) is 11.7. The maximum atomic E-state index is 12.8. The van der Waals surface area contributed by atoms with Gasteiger partial charge in [0.15, 0.2) is 0 Å². The molecule has 1 aromatic heterocycles. The lowest BCUT2D eigenvalue weighted by molar-refractivity contribution is -0.143. The van der Waals surface area contributed by atoms with Crippen molar-refractivity contribution in [2.24, 2.45) is 0 Å². The Labute approximate surface area is 127 Å². The number of aromatic nitrogens is 1. The molecule has 0 bridgehead atoms. The van der Waals surface area contributed by atoms with Crippen molar-refractivity contribution in [2.75, 3.05) is 0 Å². The van der Waals surface area contributed by atoms with Crippen molar-refractivity contribution < 1.29 is 31.4 Å². The first kappa shape index (κ1) is 17.3. The molecule has 0 aliphatic heterocycles. The van der Waals surface area contributed by atoms with E-state index in [1.807, 2.05) is 0 Å². The van der Waals surface area contributed by atoms with Gasteiger partial charge in [-0.2, -0.15) is 26.3 Å². The first-order valence-corrected chi connectivity index (χ1v) is 6.43. The Morgan fingerprint density at radius 2 is 1.43 bits per heavy atom. The molecule has 0 unspecified atom stereocenters. The SMILES string of the molecule is C[C@H](O)c1cccc(-c2cc(C(F)(F)F)cc(C(F)(F)F)c2)n1. The molecule has 2 nitrogen and oxygen atoms in total. The molecule has 2 rings (SSSR count). The summed E-state index contributed by atoms with van der Waals surface area (Å²) in [5.74, 6) is 0. The van der Waals surface area contributed by atoms with Crippen LogP contribution >= 0.6 is 0 Å². The van der Waals surface area contributed by atoms with Gasteiger partial charge in [-0.05, 0) is 37.3 Å². The van der Waals surface area contributed by atoms with E-state index < -0.39 is 29.6 Å². The lowest BCUT2D eigenvalue weighted by Crippen LogP contribution is -2.11. The molecule has 0 aliphatic carbocycles. The second-order valence-corrected chi connectivity index (χ2v) is 4.92. The molecule has 2 aromatic rings. The van der Waals surface area contributed by atoms with Crippen LogP contribution in [0.5, 0.6) is 0 Å². The molecule has 1 aromatic carbocycles.